The Kier molecular flexibility index (Phi) is 4.95. The number of hydrogen-bond donors (Lipinski definition) is 2. The molecule has 2 aromatic rings. The number of benzene rings is 1. The Hall–Kier alpha value is -2.31. The van der Waals surface area contributed by atoms with E-state index in [1.807, 2.05) is 0 Å². The Morgan fingerprint density at radius 1 is 1.19 bits per heavy atom. The third-order valence-electron chi connectivity index (χ3n) is 5.29. The van der Waals surface area contributed by atoms with Gasteiger partial charge in [-0.2, -0.15) is 0 Å². The van der Waals surface area contributed by atoms with Crippen molar-refractivity contribution in [2.75, 3.05) is 26.2 Å². The second kappa shape index (κ2) is 7.51. The van der Waals surface area contributed by atoms with Crippen molar-refractivity contribution >= 4 is 5.91 Å². The van der Waals surface area contributed by atoms with Crippen molar-refractivity contribution in [3.8, 4) is 11.3 Å². The maximum Gasteiger partial charge on any atom is 0.253 e. The van der Waals surface area contributed by atoms with Crippen molar-refractivity contribution in [1.82, 2.24) is 20.5 Å². The number of carbonyl (C=O) groups excluding carboxylic acids is 1. The number of rotatable bonds is 4. The number of pyridine rings is 1. The summed E-state index contributed by atoms with van der Waals surface area (Å²) in [7, 11) is 0. The van der Waals surface area contributed by atoms with Crippen molar-refractivity contribution in [2.45, 2.75) is 24.9 Å². The molecule has 0 bridgehead atoms. The molecule has 136 valence electrons. The summed E-state index contributed by atoms with van der Waals surface area (Å²) in [6.45, 7) is 4.24. The predicted octanol–water partition coefficient (Wildman–Crippen LogP) is 2.05. The maximum absolute atomic E-state index is 13.3. The standard InChI is InChI=1S/C20H23FN4O/c21-16-3-1-2-14(10-16)19-5-4-15(11-23-19)20(26)24-17-6-8-25(9-7-17)18-12-22-13-18/h1-5,10-11,17-18,22H,6-9,12-13H2,(H,24,26). The Morgan fingerprint density at radius 2 is 2.00 bits per heavy atom. The Labute approximate surface area is 152 Å². The van der Waals surface area contributed by atoms with Gasteiger partial charge in [-0.05, 0) is 37.1 Å². The molecule has 1 aromatic heterocycles. The molecule has 1 aromatic carbocycles. The lowest BCUT2D eigenvalue weighted by atomic mass is 10.0. The second-order valence-corrected chi connectivity index (χ2v) is 7.04. The number of halogens is 1. The summed E-state index contributed by atoms with van der Waals surface area (Å²) in [6.07, 6.45) is 3.53. The number of piperidine rings is 1. The van der Waals surface area contributed by atoms with Crippen molar-refractivity contribution < 1.29 is 9.18 Å². The van der Waals surface area contributed by atoms with Crippen LogP contribution < -0.4 is 10.6 Å². The number of aromatic nitrogens is 1. The average Bonchev–Trinajstić information content (AvgIpc) is 2.62. The van der Waals surface area contributed by atoms with Crippen LogP contribution in [0.2, 0.25) is 0 Å². The number of nitrogens with one attached hydrogen (secondary N) is 2. The van der Waals surface area contributed by atoms with E-state index in [2.05, 4.69) is 20.5 Å². The van der Waals surface area contributed by atoms with Crippen LogP contribution in [0.15, 0.2) is 42.6 Å². The molecule has 1 amide bonds. The van der Waals surface area contributed by atoms with Gasteiger partial charge in [-0.3, -0.25) is 14.7 Å². The first-order valence-electron chi connectivity index (χ1n) is 9.17. The maximum atomic E-state index is 13.3. The lowest BCUT2D eigenvalue weighted by Gasteiger charge is -2.42. The molecule has 3 heterocycles. The van der Waals surface area contributed by atoms with Gasteiger partial charge >= 0.3 is 0 Å². The third-order valence-corrected chi connectivity index (χ3v) is 5.29. The average molecular weight is 354 g/mol. The molecule has 2 aliphatic rings. The Bertz CT molecular complexity index is 768. The van der Waals surface area contributed by atoms with E-state index in [9.17, 15) is 9.18 Å². The first kappa shape index (κ1) is 17.1. The SMILES string of the molecule is O=C(NC1CCN(C2CNC2)CC1)c1ccc(-c2cccc(F)c2)nc1. The van der Waals surface area contributed by atoms with E-state index in [0.29, 0.717) is 22.9 Å². The van der Waals surface area contributed by atoms with Gasteiger partial charge in [0.15, 0.2) is 0 Å². The summed E-state index contributed by atoms with van der Waals surface area (Å²) in [4.78, 5) is 19.3. The second-order valence-electron chi connectivity index (χ2n) is 7.04. The zero-order chi connectivity index (χ0) is 17.9. The van der Waals surface area contributed by atoms with Crippen LogP contribution >= 0.6 is 0 Å². The van der Waals surface area contributed by atoms with Gasteiger partial charge in [0.1, 0.15) is 5.82 Å². The monoisotopic (exact) mass is 354 g/mol. The van der Waals surface area contributed by atoms with Crippen LogP contribution in [0.5, 0.6) is 0 Å². The summed E-state index contributed by atoms with van der Waals surface area (Å²) in [6, 6.07) is 10.7. The van der Waals surface area contributed by atoms with Crippen molar-refractivity contribution in [2.24, 2.45) is 0 Å². The fourth-order valence-corrected chi connectivity index (χ4v) is 3.56. The smallest absolute Gasteiger partial charge is 0.253 e. The Balaban J connectivity index is 1.33. The normalized spacial score (nSPS) is 19.1. The number of nitrogens with zero attached hydrogens (tertiary/aromatic N) is 2. The molecule has 2 aliphatic heterocycles. The molecule has 6 heteroatoms. The summed E-state index contributed by atoms with van der Waals surface area (Å²) < 4.78 is 13.3. The van der Waals surface area contributed by atoms with Crippen LogP contribution in [0.3, 0.4) is 0 Å². The molecule has 0 aliphatic carbocycles. The number of amides is 1. The fourth-order valence-electron chi connectivity index (χ4n) is 3.56. The fraction of sp³-hybridized carbons (Fsp3) is 0.400. The molecule has 0 atom stereocenters. The zero-order valence-corrected chi connectivity index (χ0v) is 14.6. The van der Waals surface area contributed by atoms with Gasteiger partial charge in [0.25, 0.3) is 5.91 Å². The van der Waals surface area contributed by atoms with Gasteiger partial charge in [0.2, 0.25) is 0 Å². The van der Waals surface area contributed by atoms with E-state index in [1.165, 1.54) is 12.1 Å². The molecular formula is C20H23FN4O. The highest BCUT2D eigenvalue weighted by Gasteiger charge is 2.29. The van der Waals surface area contributed by atoms with Crippen LogP contribution in [0.4, 0.5) is 4.39 Å². The summed E-state index contributed by atoms with van der Waals surface area (Å²) in [5.41, 5.74) is 1.90. The van der Waals surface area contributed by atoms with Gasteiger partial charge in [0.05, 0.1) is 11.3 Å². The number of carbonyl (C=O) groups is 1. The van der Waals surface area contributed by atoms with E-state index < -0.39 is 0 Å². The molecule has 0 saturated carbocycles. The first-order chi connectivity index (χ1) is 12.7. The largest absolute Gasteiger partial charge is 0.349 e. The Morgan fingerprint density at radius 3 is 2.62 bits per heavy atom. The van der Waals surface area contributed by atoms with E-state index in [4.69, 9.17) is 0 Å². The van der Waals surface area contributed by atoms with Crippen LogP contribution in [-0.4, -0.2) is 54.1 Å². The van der Waals surface area contributed by atoms with E-state index in [1.54, 1.807) is 30.5 Å². The molecule has 0 spiro atoms. The highest BCUT2D eigenvalue weighted by Crippen LogP contribution is 2.19. The van der Waals surface area contributed by atoms with Crippen molar-refractivity contribution in [3.63, 3.8) is 0 Å². The van der Waals surface area contributed by atoms with Gasteiger partial charge in [-0.25, -0.2) is 4.39 Å². The molecule has 2 saturated heterocycles. The van der Waals surface area contributed by atoms with Crippen LogP contribution in [0.1, 0.15) is 23.2 Å². The molecule has 26 heavy (non-hydrogen) atoms. The first-order valence-corrected chi connectivity index (χ1v) is 9.17. The third kappa shape index (κ3) is 3.76. The quantitative estimate of drug-likeness (QED) is 0.882. The van der Waals surface area contributed by atoms with Crippen LogP contribution in [0, 0.1) is 5.82 Å². The van der Waals surface area contributed by atoms with E-state index in [-0.39, 0.29) is 17.8 Å². The molecule has 0 unspecified atom stereocenters. The van der Waals surface area contributed by atoms with Crippen LogP contribution in [-0.2, 0) is 0 Å². The predicted molar refractivity (Wildman–Crippen MR) is 98.3 cm³/mol. The van der Waals surface area contributed by atoms with Gasteiger partial charge in [0, 0.05) is 50.0 Å². The van der Waals surface area contributed by atoms with Crippen LogP contribution in [0.25, 0.3) is 11.3 Å². The minimum Gasteiger partial charge on any atom is -0.349 e. The molecule has 2 N–H and O–H groups in total. The highest BCUT2D eigenvalue weighted by atomic mass is 19.1. The minimum atomic E-state index is -0.296. The van der Waals surface area contributed by atoms with Gasteiger partial charge in [-0.15, -0.1) is 0 Å². The lowest BCUT2D eigenvalue weighted by molar-refractivity contribution is 0.0848. The summed E-state index contributed by atoms with van der Waals surface area (Å²) >= 11 is 0. The number of likely N-dealkylation sites (tertiary alicyclic amines) is 1. The molecular weight excluding hydrogens is 331 g/mol. The van der Waals surface area contributed by atoms with Crippen molar-refractivity contribution in [1.29, 1.82) is 0 Å². The molecule has 2 fully saturated rings. The van der Waals surface area contributed by atoms with Crippen molar-refractivity contribution in [3.05, 3.63) is 54.0 Å². The summed E-state index contributed by atoms with van der Waals surface area (Å²) in [5, 5.41) is 6.42. The van der Waals surface area contributed by atoms with Gasteiger partial charge in [-0.1, -0.05) is 12.1 Å². The van der Waals surface area contributed by atoms with E-state index in [0.717, 1.165) is 39.0 Å². The zero-order valence-electron chi connectivity index (χ0n) is 14.6. The highest BCUT2D eigenvalue weighted by molar-refractivity contribution is 5.94. The molecule has 5 nitrogen and oxygen atoms in total. The van der Waals surface area contributed by atoms with Gasteiger partial charge < -0.3 is 10.6 Å². The topological polar surface area (TPSA) is 57.3 Å². The summed E-state index contributed by atoms with van der Waals surface area (Å²) in [5.74, 6) is -0.387. The lowest BCUT2D eigenvalue weighted by Crippen LogP contribution is -2.60. The van der Waals surface area contributed by atoms with E-state index >= 15 is 0 Å². The number of hydrogen-bond acceptors (Lipinski definition) is 4. The molecule has 4 rings (SSSR count). The molecule has 0 radical (unpaired) electrons. The minimum absolute atomic E-state index is 0.0907.